The Labute approximate surface area is 84.6 Å². The van der Waals surface area contributed by atoms with Crippen molar-refractivity contribution in [2.75, 3.05) is 38.5 Å². The van der Waals surface area contributed by atoms with Gasteiger partial charge in [0, 0.05) is 32.7 Å². The zero-order chi connectivity index (χ0) is 8.93. The summed E-state index contributed by atoms with van der Waals surface area (Å²) in [6.07, 6.45) is 1.31. The predicted molar refractivity (Wildman–Crippen MR) is 57.6 cm³/mol. The fourth-order valence-corrected chi connectivity index (χ4v) is 2.96. The van der Waals surface area contributed by atoms with E-state index in [0.717, 1.165) is 19.6 Å². The van der Waals surface area contributed by atoms with Crippen LogP contribution in [0.3, 0.4) is 0 Å². The summed E-state index contributed by atoms with van der Waals surface area (Å²) in [5.41, 5.74) is 0. The molecule has 1 radical (unpaired) electrons. The maximum Gasteiger partial charge on any atom is 0.0687 e. The van der Waals surface area contributed by atoms with Crippen molar-refractivity contribution in [3.8, 4) is 0 Å². The van der Waals surface area contributed by atoms with Gasteiger partial charge in [-0.25, -0.2) is 0 Å². The van der Waals surface area contributed by atoms with Crippen LogP contribution in [0.25, 0.3) is 0 Å². The summed E-state index contributed by atoms with van der Waals surface area (Å²) in [6.45, 7) is 7.97. The van der Waals surface area contributed by atoms with Gasteiger partial charge in [0.1, 0.15) is 0 Å². The Morgan fingerprint density at radius 1 is 1.31 bits per heavy atom. The summed E-state index contributed by atoms with van der Waals surface area (Å²) < 4.78 is 0. The molecule has 0 aromatic heterocycles. The van der Waals surface area contributed by atoms with Gasteiger partial charge < -0.3 is 10.6 Å². The fraction of sp³-hybridized carbons (Fsp3) is 0.889. The third-order valence-electron chi connectivity index (χ3n) is 2.51. The van der Waals surface area contributed by atoms with Crippen molar-refractivity contribution in [2.45, 2.75) is 11.8 Å². The first-order valence-corrected chi connectivity index (χ1v) is 6.14. The first-order chi connectivity index (χ1) is 6.47. The Morgan fingerprint density at radius 3 is 3.15 bits per heavy atom. The van der Waals surface area contributed by atoms with Gasteiger partial charge in [-0.1, -0.05) is 0 Å². The quantitative estimate of drug-likeness (QED) is 0.628. The molecule has 2 fully saturated rings. The van der Waals surface area contributed by atoms with Crippen LogP contribution in [0.15, 0.2) is 0 Å². The summed E-state index contributed by atoms with van der Waals surface area (Å²) in [5, 5.41) is 7.51. The molecule has 75 valence electrons. The standard InChI is InChI=1S/C9H18N3S/c1-2-11-8-9(13-7-1)12-5-3-10-4-6-12/h5,9-11H,1-4,6-8H2. The van der Waals surface area contributed by atoms with E-state index in [4.69, 9.17) is 0 Å². The number of nitrogens with one attached hydrogen (secondary N) is 2. The van der Waals surface area contributed by atoms with Crippen molar-refractivity contribution in [1.82, 2.24) is 15.5 Å². The minimum Gasteiger partial charge on any atom is -0.314 e. The second-order valence-electron chi connectivity index (χ2n) is 3.51. The van der Waals surface area contributed by atoms with Crippen molar-refractivity contribution < 1.29 is 0 Å². The molecular formula is C9H18N3S. The van der Waals surface area contributed by atoms with Crippen molar-refractivity contribution >= 4 is 11.8 Å². The van der Waals surface area contributed by atoms with Crippen LogP contribution in [0.5, 0.6) is 0 Å². The van der Waals surface area contributed by atoms with Crippen LogP contribution in [0.2, 0.25) is 0 Å². The smallest absolute Gasteiger partial charge is 0.0687 e. The highest BCUT2D eigenvalue weighted by atomic mass is 32.2. The molecule has 0 amide bonds. The van der Waals surface area contributed by atoms with Gasteiger partial charge in [0.15, 0.2) is 0 Å². The highest BCUT2D eigenvalue weighted by Gasteiger charge is 2.21. The van der Waals surface area contributed by atoms with Crippen molar-refractivity contribution in [3.05, 3.63) is 6.54 Å². The summed E-state index contributed by atoms with van der Waals surface area (Å²) in [4.78, 5) is 2.49. The lowest BCUT2D eigenvalue weighted by Gasteiger charge is -2.33. The Balaban J connectivity index is 1.82. The highest BCUT2D eigenvalue weighted by Crippen LogP contribution is 2.19. The lowest BCUT2D eigenvalue weighted by atomic mass is 10.3. The third kappa shape index (κ3) is 2.84. The number of nitrogens with zero attached hydrogens (tertiary/aromatic N) is 1. The van der Waals surface area contributed by atoms with Crippen LogP contribution >= 0.6 is 11.8 Å². The van der Waals surface area contributed by atoms with E-state index in [-0.39, 0.29) is 0 Å². The monoisotopic (exact) mass is 200 g/mol. The van der Waals surface area contributed by atoms with E-state index in [2.05, 4.69) is 33.8 Å². The summed E-state index contributed by atoms with van der Waals surface area (Å²) in [6, 6.07) is 0. The van der Waals surface area contributed by atoms with Gasteiger partial charge in [0.25, 0.3) is 0 Å². The first-order valence-electron chi connectivity index (χ1n) is 5.09. The molecule has 2 rings (SSSR count). The van der Waals surface area contributed by atoms with Crippen LogP contribution in [-0.2, 0) is 0 Å². The van der Waals surface area contributed by atoms with E-state index in [1.165, 1.54) is 25.3 Å². The average Bonchev–Trinajstić information content (AvgIpc) is 2.47. The van der Waals surface area contributed by atoms with E-state index < -0.39 is 0 Å². The SMILES string of the molecule is [CH]1CNCCN1C1CNCCCS1. The van der Waals surface area contributed by atoms with Gasteiger partial charge in [0.2, 0.25) is 0 Å². The Kier molecular flexibility index (Phi) is 3.91. The maximum absolute atomic E-state index is 3.49. The Hall–Kier alpha value is 0.230. The molecule has 2 aliphatic heterocycles. The van der Waals surface area contributed by atoms with Gasteiger partial charge in [-0.2, -0.15) is 0 Å². The normalized spacial score (nSPS) is 32.8. The van der Waals surface area contributed by atoms with Crippen molar-refractivity contribution in [2.24, 2.45) is 0 Å². The summed E-state index contributed by atoms with van der Waals surface area (Å²) >= 11 is 2.09. The van der Waals surface area contributed by atoms with Crippen LogP contribution in [-0.4, -0.2) is 48.8 Å². The number of rotatable bonds is 1. The van der Waals surface area contributed by atoms with Crippen LogP contribution in [0.4, 0.5) is 0 Å². The predicted octanol–water partition coefficient (Wildman–Crippen LogP) is 0.106. The van der Waals surface area contributed by atoms with E-state index in [1.54, 1.807) is 0 Å². The molecule has 3 nitrogen and oxygen atoms in total. The number of hydrogen-bond donors (Lipinski definition) is 2. The van der Waals surface area contributed by atoms with Crippen LogP contribution < -0.4 is 10.6 Å². The van der Waals surface area contributed by atoms with Gasteiger partial charge in [-0.15, -0.1) is 11.8 Å². The van der Waals surface area contributed by atoms with Crippen molar-refractivity contribution in [3.63, 3.8) is 0 Å². The number of hydrogen-bond acceptors (Lipinski definition) is 4. The van der Waals surface area contributed by atoms with Gasteiger partial charge in [-0.05, 0) is 18.7 Å². The molecule has 2 N–H and O–H groups in total. The van der Waals surface area contributed by atoms with E-state index in [1.807, 2.05) is 0 Å². The molecule has 0 bridgehead atoms. The molecule has 1 unspecified atom stereocenters. The molecule has 2 aliphatic rings. The largest absolute Gasteiger partial charge is 0.314 e. The summed E-state index contributed by atoms with van der Waals surface area (Å²) in [5.74, 6) is 1.30. The van der Waals surface area contributed by atoms with Crippen LogP contribution in [0.1, 0.15) is 6.42 Å². The van der Waals surface area contributed by atoms with Gasteiger partial charge in [0.05, 0.1) is 5.37 Å². The molecular weight excluding hydrogens is 182 g/mol. The number of piperazine rings is 1. The molecule has 0 saturated carbocycles. The maximum atomic E-state index is 3.49. The van der Waals surface area contributed by atoms with Crippen molar-refractivity contribution in [1.29, 1.82) is 0 Å². The minimum atomic E-state index is 0.671. The molecule has 0 aromatic rings. The molecule has 1 atom stereocenters. The highest BCUT2D eigenvalue weighted by molar-refractivity contribution is 7.99. The molecule has 0 aromatic carbocycles. The topological polar surface area (TPSA) is 27.3 Å². The van der Waals surface area contributed by atoms with Gasteiger partial charge in [-0.3, -0.25) is 4.90 Å². The second kappa shape index (κ2) is 5.20. The molecule has 0 spiro atoms. The number of thioether (sulfide) groups is 1. The molecule has 2 saturated heterocycles. The average molecular weight is 200 g/mol. The summed E-state index contributed by atoms with van der Waals surface area (Å²) in [7, 11) is 0. The lowest BCUT2D eigenvalue weighted by Crippen LogP contribution is -2.47. The zero-order valence-electron chi connectivity index (χ0n) is 7.96. The molecule has 13 heavy (non-hydrogen) atoms. The van der Waals surface area contributed by atoms with E-state index in [0.29, 0.717) is 5.37 Å². The Bertz CT molecular complexity index is 140. The van der Waals surface area contributed by atoms with E-state index in [9.17, 15) is 0 Å². The third-order valence-corrected chi connectivity index (χ3v) is 3.86. The minimum absolute atomic E-state index is 0.671. The van der Waals surface area contributed by atoms with Gasteiger partial charge >= 0.3 is 0 Å². The lowest BCUT2D eigenvalue weighted by molar-refractivity contribution is 0.272. The molecule has 4 heteroatoms. The Morgan fingerprint density at radius 2 is 2.31 bits per heavy atom. The van der Waals surface area contributed by atoms with Crippen LogP contribution in [0, 0.1) is 6.54 Å². The second-order valence-corrected chi connectivity index (χ2v) is 4.79. The van der Waals surface area contributed by atoms with E-state index >= 15 is 0 Å². The molecule has 2 heterocycles. The first kappa shape index (κ1) is 9.77. The molecule has 0 aliphatic carbocycles. The zero-order valence-corrected chi connectivity index (χ0v) is 8.78. The fourth-order valence-electron chi connectivity index (χ4n) is 1.76.